The van der Waals surface area contributed by atoms with E-state index in [1.165, 1.54) is 153 Å². The summed E-state index contributed by atoms with van der Waals surface area (Å²) in [4.78, 5) is 7.68. The van der Waals surface area contributed by atoms with Crippen LogP contribution in [0.3, 0.4) is 0 Å². The second kappa shape index (κ2) is 19.4. The SMILES string of the molecule is CCCCCCCCOc1ccc(N2CCCCC2)c2ccccc12.COc1cc2c(cc1N1CCCCC1)C(C)(C)CC21CC(C)(C)c2cc(OC)c(N3CCCCC3)cc21. The molecule has 3 heterocycles. The Hall–Kier alpha value is -4.06. The first-order chi connectivity index (χ1) is 30.1. The van der Waals surface area contributed by atoms with E-state index in [0.29, 0.717) is 0 Å². The smallest absolute Gasteiger partial charge is 0.142 e. The first kappa shape index (κ1) is 44.5. The quantitative estimate of drug-likeness (QED) is 0.125. The van der Waals surface area contributed by atoms with Gasteiger partial charge >= 0.3 is 0 Å². The summed E-state index contributed by atoms with van der Waals surface area (Å²) in [6.07, 6.45) is 21.8. The van der Waals surface area contributed by atoms with E-state index in [2.05, 4.69) is 110 Å². The minimum atomic E-state index is 0.00217. The van der Waals surface area contributed by atoms with E-state index < -0.39 is 0 Å². The summed E-state index contributed by atoms with van der Waals surface area (Å²) >= 11 is 0. The molecule has 0 N–H and O–H groups in total. The molecule has 0 radical (unpaired) electrons. The normalized spacial score (nSPS) is 21.4. The maximum atomic E-state index is 6.15. The van der Waals surface area contributed by atoms with Gasteiger partial charge in [-0.05, 0) is 147 Å². The van der Waals surface area contributed by atoms with Crippen LogP contribution in [0.5, 0.6) is 17.2 Å². The van der Waals surface area contributed by atoms with Crippen molar-refractivity contribution in [1.82, 2.24) is 0 Å². The van der Waals surface area contributed by atoms with E-state index in [0.717, 1.165) is 69.3 Å². The molecule has 336 valence electrons. The molecule has 6 nitrogen and oxygen atoms in total. The highest BCUT2D eigenvalue weighted by molar-refractivity contribution is 5.98. The van der Waals surface area contributed by atoms with E-state index in [1.54, 1.807) is 0 Å². The molecular weight excluding hydrogens is 763 g/mol. The molecule has 1 spiro atoms. The van der Waals surface area contributed by atoms with Crippen molar-refractivity contribution in [2.24, 2.45) is 0 Å². The predicted octanol–water partition coefficient (Wildman–Crippen LogP) is 13.9. The summed E-state index contributed by atoms with van der Waals surface area (Å²) in [5.74, 6) is 3.14. The van der Waals surface area contributed by atoms with Gasteiger partial charge in [-0.1, -0.05) is 91.0 Å². The Morgan fingerprint density at radius 3 is 1.47 bits per heavy atom. The fraction of sp³-hybridized carbons (Fsp3) is 0.607. The Balaban J connectivity index is 0.000000185. The molecule has 9 rings (SSSR count). The number of hydrogen-bond donors (Lipinski definition) is 0. The van der Waals surface area contributed by atoms with Gasteiger partial charge in [-0.2, -0.15) is 0 Å². The monoisotopic (exact) mass is 842 g/mol. The summed E-state index contributed by atoms with van der Waals surface area (Å²) in [5, 5.41) is 2.60. The Labute approximate surface area is 375 Å². The molecule has 1 atom stereocenters. The van der Waals surface area contributed by atoms with Crippen molar-refractivity contribution in [2.45, 2.75) is 160 Å². The van der Waals surface area contributed by atoms with Crippen LogP contribution in [0.2, 0.25) is 0 Å². The number of fused-ring (bicyclic) bond motifs is 5. The molecule has 5 aliphatic rings. The highest BCUT2D eigenvalue weighted by Gasteiger charge is 2.57. The highest BCUT2D eigenvalue weighted by atomic mass is 16.5. The van der Waals surface area contributed by atoms with E-state index in [4.69, 9.17) is 14.2 Å². The van der Waals surface area contributed by atoms with Gasteiger partial charge in [-0.15, -0.1) is 0 Å². The number of nitrogens with zero attached hydrogens (tertiary/aromatic N) is 3. The van der Waals surface area contributed by atoms with E-state index in [-0.39, 0.29) is 16.2 Å². The maximum absolute atomic E-state index is 6.15. The van der Waals surface area contributed by atoms with E-state index in [9.17, 15) is 0 Å². The van der Waals surface area contributed by atoms with Crippen molar-refractivity contribution in [3.63, 3.8) is 0 Å². The molecule has 0 saturated carbocycles. The summed E-state index contributed by atoms with van der Waals surface area (Å²) in [7, 11) is 3.70. The minimum absolute atomic E-state index is 0.00217. The molecule has 62 heavy (non-hydrogen) atoms. The van der Waals surface area contributed by atoms with Crippen molar-refractivity contribution in [2.75, 3.05) is 74.8 Å². The topological polar surface area (TPSA) is 37.4 Å². The van der Waals surface area contributed by atoms with Crippen LogP contribution in [0, 0.1) is 0 Å². The number of methoxy groups -OCH3 is 2. The van der Waals surface area contributed by atoms with Gasteiger partial charge in [0.1, 0.15) is 17.2 Å². The molecule has 6 heteroatoms. The lowest BCUT2D eigenvalue weighted by Gasteiger charge is -2.34. The van der Waals surface area contributed by atoms with Crippen LogP contribution in [-0.4, -0.2) is 60.1 Å². The molecule has 1 unspecified atom stereocenters. The number of unbranched alkanes of at least 4 members (excludes halogenated alkanes) is 5. The Bertz CT molecular complexity index is 2120. The number of anilines is 3. The van der Waals surface area contributed by atoms with Crippen LogP contribution >= 0.6 is 0 Å². The zero-order chi connectivity index (χ0) is 43.3. The third-order valence-corrected chi connectivity index (χ3v) is 15.3. The lowest BCUT2D eigenvalue weighted by molar-refractivity contribution is 0.308. The summed E-state index contributed by atoms with van der Waals surface area (Å²) < 4.78 is 18.3. The molecule has 0 aromatic heterocycles. The van der Waals surface area contributed by atoms with Crippen LogP contribution in [0.4, 0.5) is 17.1 Å². The zero-order valence-electron chi connectivity index (χ0n) is 39.8. The third-order valence-electron chi connectivity index (χ3n) is 15.3. The molecular formula is C56H79N3O3. The molecule has 4 aromatic rings. The van der Waals surface area contributed by atoms with Gasteiger partial charge < -0.3 is 28.9 Å². The molecule has 0 bridgehead atoms. The summed E-state index contributed by atoms with van der Waals surface area (Å²) in [6.45, 7) is 19.8. The van der Waals surface area contributed by atoms with Crippen LogP contribution in [0.1, 0.15) is 166 Å². The average molecular weight is 842 g/mol. The third kappa shape index (κ3) is 9.00. The number of ether oxygens (including phenoxy) is 3. The lowest BCUT2D eigenvalue weighted by Crippen LogP contribution is -2.31. The van der Waals surface area contributed by atoms with Crippen molar-refractivity contribution in [3.05, 3.63) is 82.9 Å². The van der Waals surface area contributed by atoms with Crippen LogP contribution < -0.4 is 28.9 Å². The van der Waals surface area contributed by atoms with Crippen molar-refractivity contribution in [1.29, 1.82) is 0 Å². The second-order valence-corrected chi connectivity index (χ2v) is 20.7. The van der Waals surface area contributed by atoms with Gasteiger partial charge in [-0.25, -0.2) is 0 Å². The summed E-state index contributed by atoms with van der Waals surface area (Å²) in [6, 6.07) is 23.0. The van der Waals surface area contributed by atoms with E-state index >= 15 is 0 Å². The molecule has 3 fully saturated rings. The Morgan fingerprint density at radius 2 is 0.919 bits per heavy atom. The molecule has 4 aromatic carbocycles. The van der Waals surface area contributed by atoms with Gasteiger partial charge in [0.2, 0.25) is 0 Å². The number of piperidine rings is 3. The minimum Gasteiger partial charge on any atom is -0.495 e. The average Bonchev–Trinajstić information content (AvgIpc) is 3.66. The van der Waals surface area contributed by atoms with Crippen molar-refractivity contribution < 1.29 is 14.2 Å². The van der Waals surface area contributed by atoms with Crippen molar-refractivity contribution in [3.8, 4) is 17.2 Å². The Morgan fingerprint density at radius 1 is 0.468 bits per heavy atom. The summed E-state index contributed by atoms with van der Waals surface area (Å²) in [5.41, 5.74) is 10.2. The first-order valence-electron chi connectivity index (χ1n) is 25.0. The van der Waals surface area contributed by atoms with E-state index in [1.807, 2.05) is 14.2 Å². The standard InChI is InChI=1S/C33H46N2O2.C23H33NO/c1-31(2)21-33(26-20-30(37-6)27(17-23(26)31)34-13-9-7-10-14-34)22-32(3,4)24-19-29(36-5)28(18-25(24)33)35-15-11-8-12-16-35;1-2-3-4-5-6-12-19-25-23-16-15-22(24-17-10-7-11-18-24)20-13-8-9-14-21(20)23/h17-20H,7-16,21-22H2,1-6H3;8-9,13-16H,2-7,10-12,17-19H2,1H3. The fourth-order valence-electron chi connectivity index (χ4n) is 12.3. The van der Waals surface area contributed by atoms with Crippen molar-refractivity contribution >= 4 is 27.8 Å². The second-order valence-electron chi connectivity index (χ2n) is 20.7. The van der Waals surface area contributed by atoms with Gasteiger partial charge in [0.25, 0.3) is 0 Å². The first-order valence-corrected chi connectivity index (χ1v) is 25.0. The maximum Gasteiger partial charge on any atom is 0.142 e. The fourth-order valence-corrected chi connectivity index (χ4v) is 12.3. The van der Waals surface area contributed by atoms with Crippen LogP contribution in [0.15, 0.2) is 60.7 Å². The van der Waals surface area contributed by atoms with Crippen LogP contribution in [0.25, 0.3) is 10.8 Å². The Kier molecular flexibility index (Phi) is 13.9. The number of hydrogen-bond acceptors (Lipinski definition) is 6. The number of benzene rings is 4. The molecule has 2 aliphatic carbocycles. The predicted molar refractivity (Wildman–Crippen MR) is 263 cm³/mol. The highest BCUT2D eigenvalue weighted by Crippen LogP contribution is 2.65. The van der Waals surface area contributed by atoms with Gasteiger partial charge in [0.15, 0.2) is 0 Å². The lowest BCUT2D eigenvalue weighted by atomic mass is 9.72. The zero-order valence-corrected chi connectivity index (χ0v) is 39.8. The molecule has 3 saturated heterocycles. The van der Waals surface area contributed by atoms with Gasteiger partial charge in [0.05, 0.1) is 32.2 Å². The molecule has 3 aliphatic heterocycles. The van der Waals surface area contributed by atoms with Crippen LogP contribution in [-0.2, 0) is 16.2 Å². The largest absolute Gasteiger partial charge is 0.495 e. The molecule has 0 amide bonds. The van der Waals surface area contributed by atoms with Gasteiger partial charge in [-0.3, -0.25) is 0 Å². The van der Waals surface area contributed by atoms with Gasteiger partial charge in [0, 0.05) is 61.1 Å². The number of rotatable bonds is 13.